The standard InChI is InChI=1S/C9H17N3S/c1-9(2,10)7-13-6-8-11-4-5-12(8)3/h4-5H,6-7,10H2,1-3H3. The van der Waals surface area contributed by atoms with Crippen molar-refractivity contribution >= 4 is 11.8 Å². The maximum Gasteiger partial charge on any atom is 0.118 e. The molecule has 2 N–H and O–H groups in total. The summed E-state index contributed by atoms with van der Waals surface area (Å²) in [6, 6.07) is 0. The van der Waals surface area contributed by atoms with E-state index in [2.05, 4.69) is 4.98 Å². The molecule has 1 aromatic rings. The molecule has 4 heteroatoms. The molecule has 1 heterocycles. The van der Waals surface area contributed by atoms with Crippen molar-refractivity contribution in [2.75, 3.05) is 5.75 Å². The second-order valence-corrected chi connectivity index (χ2v) is 4.92. The van der Waals surface area contributed by atoms with Crippen LogP contribution in [0.5, 0.6) is 0 Å². The molecule has 0 aromatic carbocycles. The molecule has 1 rings (SSSR count). The van der Waals surface area contributed by atoms with Crippen molar-refractivity contribution in [1.29, 1.82) is 0 Å². The number of nitrogens with two attached hydrogens (primary N) is 1. The van der Waals surface area contributed by atoms with E-state index in [1.165, 1.54) is 0 Å². The van der Waals surface area contributed by atoms with Crippen molar-refractivity contribution in [1.82, 2.24) is 9.55 Å². The Balaban J connectivity index is 2.32. The molecule has 3 nitrogen and oxygen atoms in total. The lowest BCUT2D eigenvalue weighted by Gasteiger charge is -2.17. The van der Waals surface area contributed by atoms with Crippen molar-refractivity contribution in [3.8, 4) is 0 Å². The Labute approximate surface area is 83.7 Å². The highest BCUT2D eigenvalue weighted by Gasteiger charge is 2.10. The predicted octanol–water partition coefficient (Wildman–Crippen LogP) is 1.39. The number of nitrogens with zero attached hydrogens (tertiary/aromatic N) is 2. The summed E-state index contributed by atoms with van der Waals surface area (Å²) in [6.45, 7) is 4.08. The van der Waals surface area contributed by atoms with E-state index >= 15 is 0 Å². The topological polar surface area (TPSA) is 43.8 Å². The summed E-state index contributed by atoms with van der Waals surface area (Å²) in [6.07, 6.45) is 3.78. The van der Waals surface area contributed by atoms with Crippen molar-refractivity contribution in [3.05, 3.63) is 18.2 Å². The van der Waals surface area contributed by atoms with Gasteiger partial charge in [0.2, 0.25) is 0 Å². The smallest absolute Gasteiger partial charge is 0.118 e. The van der Waals surface area contributed by atoms with E-state index in [1.807, 2.05) is 49.6 Å². The number of aryl methyl sites for hydroxylation is 1. The van der Waals surface area contributed by atoms with E-state index in [4.69, 9.17) is 5.73 Å². The van der Waals surface area contributed by atoms with Gasteiger partial charge < -0.3 is 10.3 Å². The maximum atomic E-state index is 5.86. The van der Waals surface area contributed by atoms with Crippen LogP contribution in [0.2, 0.25) is 0 Å². The van der Waals surface area contributed by atoms with E-state index in [0.717, 1.165) is 17.3 Å². The maximum absolute atomic E-state index is 5.86. The van der Waals surface area contributed by atoms with Crippen LogP contribution in [0.1, 0.15) is 19.7 Å². The molecule has 0 saturated carbocycles. The van der Waals surface area contributed by atoms with Crippen LogP contribution in [0, 0.1) is 0 Å². The molecule has 0 aliphatic heterocycles. The van der Waals surface area contributed by atoms with Gasteiger partial charge in [-0.1, -0.05) is 0 Å². The average Bonchev–Trinajstić information content (AvgIpc) is 2.34. The fourth-order valence-corrected chi connectivity index (χ4v) is 2.03. The second kappa shape index (κ2) is 4.15. The van der Waals surface area contributed by atoms with Gasteiger partial charge in [0.05, 0.1) is 5.75 Å². The third kappa shape index (κ3) is 3.83. The molecule has 0 unspecified atom stereocenters. The SMILES string of the molecule is Cn1ccnc1CSCC(C)(C)N. The first kappa shape index (κ1) is 10.6. The first-order chi connectivity index (χ1) is 5.99. The Bertz CT molecular complexity index is 262. The molecular weight excluding hydrogens is 182 g/mol. The van der Waals surface area contributed by atoms with Gasteiger partial charge in [-0.05, 0) is 13.8 Å². The van der Waals surface area contributed by atoms with Crippen molar-refractivity contribution in [2.45, 2.75) is 25.1 Å². The molecule has 0 amide bonds. The Morgan fingerprint density at radius 3 is 2.77 bits per heavy atom. The molecule has 0 bridgehead atoms. The molecular formula is C9H17N3S. The number of aromatic nitrogens is 2. The normalized spacial score (nSPS) is 12.0. The monoisotopic (exact) mass is 199 g/mol. The van der Waals surface area contributed by atoms with Crippen molar-refractivity contribution < 1.29 is 0 Å². The van der Waals surface area contributed by atoms with Gasteiger partial charge in [-0.15, -0.1) is 0 Å². The van der Waals surface area contributed by atoms with Crippen LogP contribution in [0.15, 0.2) is 12.4 Å². The zero-order valence-electron chi connectivity index (χ0n) is 8.45. The molecule has 74 valence electrons. The largest absolute Gasteiger partial charge is 0.337 e. The van der Waals surface area contributed by atoms with Gasteiger partial charge in [0, 0.05) is 30.7 Å². The highest BCUT2D eigenvalue weighted by atomic mass is 32.2. The second-order valence-electron chi connectivity index (χ2n) is 3.94. The lowest BCUT2D eigenvalue weighted by atomic mass is 10.1. The van der Waals surface area contributed by atoms with Crippen LogP contribution >= 0.6 is 11.8 Å². The zero-order chi connectivity index (χ0) is 9.90. The summed E-state index contributed by atoms with van der Waals surface area (Å²) in [5, 5.41) is 0. The summed E-state index contributed by atoms with van der Waals surface area (Å²) in [7, 11) is 2.01. The van der Waals surface area contributed by atoms with Crippen LogP contribution in [-0.4, -0.2) is 20.8 Å². The minimum Gasteiger partial charge on any atom is -0.337 e. The van der Waals surface area contributed by atoms with Gasteiger partial charge in [0.1, 0.15) is 5.82 Å². The number of hydrogen-bond acceptors (Lipinski definition) is 3. The molecule has 0 saturated heterocycles. The molecule has 0 spiro atoms. The van der Waals surface area contributed by atoms with E-state index in [0.29, 0.717) is 0 Å². The molecule has 0 radical (unpaired) electrons. The molecule has 1 aromatic heterocycles. The minimum absolute atomic E-state index is 0.0875. The van der Waals surface area contributed by atoms with Crippen molar-refractivity contribution in [3.63, 3.8) is 0 Å². The summed E-state index contributed by atoms with van der Waals surface area (Å²) in [5.74, 6) is 3.00. The fourth-order valence-electron chi connectivity index (χ4n) is 0.941. The highest BCUT2D eigenvalue weighted by Crippen LogP contribution is 2.14. The summed E-state index contributed by atoms with van der Waals surface area (Å²) >= 11 is 1.82. The lowest BCUT2D eigenvalue weighted by molar-refractivity contribution is 0.591. The molecule has 0 fully saturated rings. The first-order valence-electron chi connectivity index (χ1n) is 4.32. The van der Waals surface area contributed by atoms with Crippen LogP contribution in [0.25, 0.3) is 0 Å². The molecule has 0 aliphatic carbocycles. The van der Waals surface area contributed by atoms with E-state index in [1.54, 1.807) is 0 Å². The third-order valence-corrected chi connectivity index (χ3v) is 3.04. The lowest BCUT2D eigenvalue weighted by Crippen LogP contribution is -2.34. The predicted molar refractivity (Wildman–Crippen MR) is 57.6 cm³/mol. The highest BCUT2D eigenvalue weighted by molar-refractivity contribution is 7.98. The van der Waals surface area contributed by atoms with Gasteiger partial charge in [-0.2, -0.15) is 11.8 Å². The average molecular weight is 199 g/mol. The van der Waals surface area contributed by atoms with Crippen LogP contribution in [0.4, 0.5) is 0 Å². The summed E-state index contributed by atoms with van der Waals surface area (Å²) in [4.78, 5) is 4.24. The van der Waals surface area contributed by atoms with E-state index in [-0.39, 0.29) is 5.54 Å². The number of thioether (sulfide) groups is 1. The van der Waals surface area contributed by atoms with Gasteiger partial charge >= 0.3 is 0 Å². The van der Waals surface area contributed by atoms with Gasteiger partial charge in [-0.25, -0.2) is 4.98 Å². The summed E-state index contributed by atoms with van der Waals surface area (Å²) < 4.78 is 2.04. The van der Waals surface area contributed by atoms with Gasteiger partial charge in [0.15, 0.2) is 0 Å². The Morgan fingerprint density at radius 2 is 2.31 bits per heavy atom. The van der Waals surface area contributed by atoms with E-state index in [9.17, 15) is 0 Å². The number of hydrogen-bond donors (Lipinski definition) is 1. The minimum atomic E-state index is -0.0875. The van der Waals surface area contributed by atoms with Crippen LogP contribution in [-0.2, 0) is 12.8 Å². The Kier molecular flexibility index (Phi) is 3.39. The third-order valence-electron chi connectivity index (χ3n) is 1.63. The van der Waals surface area contributed by atoms with E-state index < -0.39 is 0 Å². The van der Waals surface area contributed by atoms with Crippen molar-refractivity contribution in [2.24, 2.45) is 12.8 Å². The summed E-state index contributed by atoms with van der Waals surface area (Å²) in [5.41, 5.74) is 5.78. The van der Waals surface area contributed by atoms with Crippen LogP contribution in [0.3, 0.4) is 0 Å². The van der Waals surface area contributed by atoms with Gasteiger partial charge in [0.25, 0.3) is 0 Å². The Hall–Kier alpha value is -0.480. The van der Waals surface area contributed by atoms with Crippen LogP contribution < -0.4 is 5.73 Å². The zero-order valence-corrected chi connectivity index (χ0v) is 9.27. The first-order valence-corrected chi connectivity index (χ1v) is 5.47. The quantitative estimate of drug-likeness (QED) is 0.797. The number of imidazole rings is 1. The van der Waals surface area contributed by atoms with Gasteiger partial charge in [-0.3, -0.25) is 0 Å². The Morgan fingerprint density at radius 1 is 1.62 bits per heavy atom. The fraction of sp³-hybridized carbons (Fsp3) is 0.667. The molecule has 0 atom stereocenters. The molecule has 13 heavy (non-hydrogen) atoms. The molecule has 0 aliphatic rings. The number of rotatable bonds is 4.